The van der Waals surface area contributed by atoms with Crippen molar-refractivity contribution in [2.24, 2.45) is 0 Å². The maximum Gasteiger partial charge on any atom is 0.277 e. The van der Waals surface area contributed by atoms with Crippen LogP contribution in [0.25, 0.3) is 0 Å². The third-order valence-electron chi connectivity index (χ3n) is 4.57. The molecule has 10 heteroatoms. The zero-order valence-corrected chi connectivity index (χ0v) is 17.1. The van der Waals surface area contributed by atoms with Gasteiger partial charge in [0, 0.05) is 11.4 Å². The van der Waals surface area contributed by atoms with E-state index in [1.807, 2.05) is 11.4 Å². The van der Waals surface area contributed by atoms with Gasteiger partial charge in [0.25, 0.3) is 11.8 Å². The molecule has 3 N–H and O–H groups in total. The van der Waals surface area contributed by atoms with Crippen molar-refractivity contribution in [3.63, 3.8) is 0 Å². The van der Waals surface area contributed by atoms with Crippen molar-refractivity contribution in [1.29, 1.82) is 0 Å². The number of aromatic nitrogens is 3. The highest BCUT2D eigenvalue weighted by atomic mass is 35.5. The lowest BCUT2D eigenvalue weighted by molar-refractivity contribution is 0.101. The molecule has 0 aliphatic carbocycles. The molecule has 8 nitrogen and oxygen atoms in total. The normalized spacial score (nSPS) is 14.1. The second-order valence-electron chi connectivity index (χ2n) is 6.53. The van der Waals surface area contributed by atoms with Crippen LogP contribution in [0.1, 0.15) is 39.0 Å². The number of nitrogens with one attached hydrogen (secondary N) is 3. The van der Waals surface area contributed by atoms with Crippen LogP contribution in [0.5, 0.6) is 0 Å². The van der Waals surface area contributed by atoms with Crippen LogP contribution in [0, 0.1) is 0 Å². The minimum atomic E-state index is -0.310. The Labute approximate surface area is 178 Å². The van der Waals surface area contributed by atoms with Crippen molar-refractivity contribution in [3.05, 3.63) is 58.5 Å². The summed E-state index contributed by atoms with van der Waals surface area (Å²) in [5, 5.41) is 18.9. The van der Waals surface area contributed by atoms with Crippen molar-refractivity contribution in [1.82, 2.24) is 20.3 Å². The van der Waals surface area contributed by atoms with Gasteiger partial charge < -0.3 is 16.0 Å². The van der Waals surface area contributed by atoms with Gasteiger partial charge in [-0.1, -0.05) is 11.3 Å². The first kappa shape index (κ1) is 21.0. The third-order valence-corrected chi connectivity index (χ3v) is 5.44. The third kappa shape index (κ3) is 5.20. The van der Waals surface area contributed by atoms with Crippen LogP contribution in [0.15, 0.2) is 48.0 Å². The molecule has 1 saturated heterocycles. The maximum atomic E-state index is 12.4. The highest BCUT2D eigenvalue weighted by Gasteiger charge is 2.18. The van der Waals surface area contributed by atoms with Gasteiger partial charge in [-0.05, 0) is 61.6 Å². The van der Waals surface area contributed by atoms with E-state index < -0.39 is 0 Å². The number of carbonyl (C=O) groups is 2. The van der Waals surface area contributed by atoms with Gasteiger partial charge in [0.1, 0.15) is 0 Å². The smallest absolute Gasteiger partial charge is 0.277 e. The van der Waals surface area contributed by atoms with Crippen molar-refractivity contribution in [3.8, 4) is 0 Å². The quantitative estimate of drug-likeness (QED) is 0.574. The van der Waals surface area contributed by atoms with Crippen LogP contribution in [-0.4, -0.2) is 39.9 Å². The Morgan fingerprint density at radius 2 is 1.69 bits per heavy atom. The summed E-state index contributed by atoms with van der Waals surface area (Å²) in [5.74, 6) is -0.461. The van der Waals surface area contributed by atoms with E-state index in [9.17, 15) is 9.59 Å². The number of carbonyl (C=O) groups excluding carboxylic acids is 2. The van der Waals surface area contributed by atoms with Crippen LogP contribution in [0.4, 0.5) is 11.4 Å². The van der Waals surface area contributed by atoms with Crippen molar-refractivity contribution >= 4 is 46.9 Å². The first-order chi connectivity index (χ1) is 13.7. The number of piperidine rings is 1. The number of rotatable bonds is 5. The van der Waals surface area contributed by atoms with Gasteiger partial charge in [0.15, 0.2) is 5.69 Å². The molecular weight excluding hydrogens is 412 g/mol. The molecule has 152 valence electrons. The average Bonchev–Trinajstić information content (AvgIpc) is 3.42. The lowest BCUT2D eigenvalue weighted by Gasteiger charge is -2.22. The average molecular weight is 433 g/mol. The summed E-state index contributed by atoms with van der Waals surface area (Å²) in [4.78, 5) is 25.1. The summed E-state index contributed by atoms with van der Waals surface area (Å²) in [5.41, 5.74) is 1.57. The zero-order valence-electron chi connectivity index (χ0n) is 15.5. The van der Waals surface area contributed by atoms with E-state index in [1.165, 1.54) is 11.3 Å². The van der Waals surface area contributed by atoms with Crippen LogP contribution in [0.3, 0.4) is 0 Å². The highest BCUT2D eigenvalue weighted by Crippen LogP contribution is 2.19. The number of halogens is 1. The number of benzene rings is 1. The lowest BCUT2D eigenvalue weighted by Crippen LogP contribution is -2.29. The zero-order chi connectivity index (χ0) is 19.3. The van der Waals surface area contributed by atoms with Crippen LogP contribution < -0.4 is 16.0 Å². The molecule has 2 aromatic heterocycles. The Kier molecular flexibility index (Phi) is 6.97. The van der Waals surface area contributed by atoms with E-state index in [0.717, 1.165) is 25.9 Å². The molecule has 1 aromatic carbocycles. The van der Waals surface area contributed by atoms with E-state index in [-0.39, 0.29) is 36.0 Å². The largest absolute Gasteiger partial charge is 0.321 e. The fourth-order valence-electron chi connectivity index (χ4n) is 3.06. The second kappa shape index (κ2) is 9.64. The standard InChI is InChI=1S/C19H20N6O2S.ClH/c26-18(16-12-25(24-23-16)15-7-9-20-10-8-15)21-13-3-5-14(6-4-13)22-19(27)17-2-1-11-28-17;/h1-6,11-12,15,20H,7-10H2,(H,21,26)(H,22,27);1H. The van der Waals surface area contributed by atoms with E-state index in [0.29, 0.717) is 16.3 Å². The second-order valence-corrected chi connectivity index (χ2v) is 7.48. The van der Waals surface area contributed by atoms with Crippen molar-refractivity contribution < 1.29 is 9.59 Å². The molecule has 0 unspecified atom stereocenters. The summed E-state index contributed by atoms with van der Waals surface area (Å²) in [6, 6.07) is 10.8. The van der Waals surface area contributed by atoms with Gasteiger partial charge in [-0.15, -0.1) is 28.8 Å². The minimum absolute atomic E-state index is 0. The number of thiophene rings is 1. The van der Waals surface area contributed by atoms with E-state index in [2.05, 4.69) is 26.3 Å². The number of hydrogen-bond acceptors (Lipinski definition) is 6. The molecule has 3 heterocycles. The first-order valence-corrected chi connectivity index (χ1v) is 9.96. The fraction of sp³-hybridized carbons (Fsp3) is 0.263. The SMILES string of the molecule is Cl.O=C(Nc1ccc(NC(=O)c2cccs2)cc1)c1cn(C2CCNCC2)nn1. The Hall–Kier alpha value is -2.75. The molecule has 1 aliphatic rings. The molecule has 29 heavy (non-hydrogen) atoms. The first-order valence-electron chi connectivity index (χ1n) is 9.08. The summed E-state index contributed by atoms with van der Waals surface area (Å²) in [6.45, 7) is 1.89. The van der Waals surface area contributed by atoms with Gasteiger partial charge in [0.2, 0.25) is 0 Å². The Balaban J connectivity index is 0.00000240. The molecular formula is C19H21ClN6O2S. The highest BCUT2D eigenvalue weighted by molar-refractivity contribution is 7.12. The van der Waals surface area contributed by atoms with Crippen LogP contribution in [-0.2, 0) is 0 Å². The van der Waals surface area contributed by atoms with Crippen molar-refractivity contribution in [2.45, 2.75) is 18.9 Å². The predicted octanol–water partition coefficient (Wildman–Crippen LogP) is 3.19. The van der Waals surface area contributed by atoms with Gasteiger partial charge in [0.05, 0.1) is 17.1 Å². The molecule has 4 rings (SSSR count). The lowest BCUT2D eigenvalue weighted by atomic mass is 10.1. The molecule has 0 radical (unpaired) electrons. The van der Waals surface area contributed by atoms with E-state index in [4.69, 9.17) is 0 Å². The van der Waals surface area contributed by atoms with Crippen LogP contribution in [0.2, 0.25) is 0 Å². The number of anilines is 2. The Morgan fingerprint density at radius 3 is 2.31 bits per heavy atom. The van der Waals surface area contributed by atoms with Gasteiger partial charge in [-0.25, -0.2) is 4.68 Å². The molecule has 3 aromatic rings. The topological polar surface area (TPSA) is 101 Å². The summed E-state index contributed by atoms with van der Waals surface area (Å²) >= 11 is 1.38. The molecule has 0 atom stereocenters. The van der Waals surface area contributed by atoms with E-state index >= 15 is 0 Å². The molecule has 0 bridgehead atoms. The Morgan fingerprint density at radius 1 is 1.03 bits per heavy atom. The number of nitrogens with zero attached hydrogens (tertiary/aromatic N) is 3. The molecule has 1 fully saturated rings. The molecule has 1 aliphatic heterocycles. The monoisotopic (exact) mass is 432 g/mol. The molecule has 0 saturated carbocycles. The minimum Gasteiger partial charge on any atom is -0.321 e. The van der Waals surface area contributed by atoms with Gasteiger partial charge in [-0.2, -0.15) is 0 Å². The molecule has 2 amide bonds. The fourth-order valence-corrected chi connectivity index (χ4v) is 3.68. The maximum absolute atomic E-state index is 12.4. The van der Waals surface area contributed by atoms with Gasteiger partial charge in [-0.3, -0.25) is 9.59 Å². The van der Waals surface area contributed by atoms with E-state index in [1.54, 1.807) is 41.2 Å². The number of hydrogen-bond donors (Lipinski definition) is 3. The Bertz CT molecular complexity index is 952. The summed E-state index contributed by atoms with van der Waals surface area (Å²) in [6.07, 6.45) is 3.65. The van der Waals surface area contributed by atoms with Gasteiger partial charge >= 0.3 is 0 Å². The summed E-state index contributed by atoms with van der Waals surface area (Å²) < 4.78 is 1.78. The van der Waals surface area contributed by atoms with Crippen LogP contribution >= 0.6 is 23.7 Å². The predicted molar refractivity (Wildman–Crippen MR) is 115 cm³/mol. The van der Waals surface area contributed by atoms with Crippen molar-refractivity contribution in [2.75, 3.05) is 23.7 Å². The number of amides is 2. The summed E-state index contributed by atoms with van der Waals surface area (Å²) in [7, 11) is 0. The molecule has 0 spiro atoms.